The monoisotopic (exact) mass is 588 g/mol. The number of ether oxygens (including phenoxy) is 2. The van der Waals surface area contributed by atoms with Crippen molar-refractivity contribution >= 4 is 69.6 Å². The van der Waals surface area contributed by atoms with E-state index in [-0.39, 0.29) is 25.0 Å². The second-order valence-electron chi connectivity index (χ2n) is 7.98. The first-order valence-corrected chi connectivity index (χ1v) is 12.7. The van der Waals surface area contributed by atoms with Crippen molar-refractivity contribution in [1.29, 1.82) is 0 Å². The van der Waals surface area contributed by atoms with E-state index in [1.807, 2.05) is 24.3 Å². The van der Waals surface area contributed by atoms with E-state index in [9.17, 15) is 9.59 Å². The molecule has 2 N–H and O–H groups in total. The molecule has 194 valence electrons. The van der Waals surface area contributed by atoms with Crippen LogP contribution in [0.4, 0.5) is 11.4 Å². The third kappa shape index (κ3) is 7.79. The first kappa shape index (κ1) is 27.6. The fourth-order valence-corrected chi connectivity index (χ4v) is 4.28. The number of carbonyl (C=O) groups excluding carboxylic acids is 2. The Bertz CT molecular complexity index is 1330. The predicted octanol–water partition coefficient (Wildman–Crippen LogP) is 8.00. The highest BCUT2D eigenvalue weighted by molar-refractivity contribution is 6.36. The molecule has 4 aromatic carbocycles. The Morgan fingerprint density at radius 3 is 1.26 bits per heavy atom. The lowest BCUT2D eigenvalue weighted by Crippen LogP contribution is -2.20. The maximum Gasteiger partial charge on any atom is 0.262 e. The summed E-state index contributed by atoms with van der Waals surface area (Å²) in [6, 6.07) is 24.2. The molecule has 0 aliphatic carbocycles. The van der Waals surface area contributed by atoms with Gasteiger partial charge in [0, 0.05) is 21.4 Å². The number of halogens is 4. The second-order valence-corrected chi connectivity index (χ2v) is 9.67. The number of amides is 2. The summed E-state index contributed by atoms with van der Waals surface area (Å²) in [5, 5.41) is 7.18. The van der Waals surface area contributed by atoms with Crippen LogP contribution in [0.5, 0.6) is 11.5 Å². The van der Waals surface area contributed by atoms with Gasteiger partial charge in [-0.1, -0.05) is 70.7 Å². The van der Waals surface area contributed by atoms with Crippen molar-refractivity contribution in [3.8, 4) is 22.6 Å². The summed E-state index contributed by atoms with van der Waals surface area (Å²) in [5.41, 5.74) is 3.11. The summed E-state index contributed by atoms with van der Waals surface area (Å²) in [5.74, 6) is 0.0942. The van der Waals surface area contributed by atoms with Crippen LogP contribution in [0.1, 0.15) is 0 Å². The van der Waals surface area contributed by atoms with Gasteiger partial charge in [0.15, 0.2) is 13.2 Å². The van der Waals surface area contributed by atoms with Crippen molar-refractivity contribution in [2.75, 3.05) is 23.8 Å². The molecule has 2 amide bonds. The molecule has 38 heavy (non-hydrogen) atoms. The zero-order valence-electron chi connectivity index (χ0n) is 19.6. The van der Waals surface area contributed by atoms with Crippen LogP contribution in [0.15, 0.2) is 84.9 Å². The average molecular weight is 590 g/mol. The van der Waals surface area contributed by atoms with Crippen LogP contribution in [0, 0.1) is 0 Å². The van der Waals surface area contributed by atoms with Crippen LogP contribution >= 0.6 is 46.4 Å². The SMILES string of the molecule is O=C(COc1ccc(Cl)cc1Cl)Nc1ccc(-c2ccc(NC(=O)COc3ccc(Cl)cc3Cl)cc2)cc1. The predicted molar refractivity (Wildman–Crippen MR) is 153 cm³/mol. The minimum Gasteiger partial charge on any atom is -0.482 e. The molecule has 0 saturated heterocycles. The molecule has 0 aromatic heterocycles. The number of rotatable bonds is 9. The van der Waals surface area contributed by atoms with E-state index in [2.05, 4.69) is 10.6 Å². The van der Waals surface area contributed by atoms with Gasteiger partial charge in [0.1, 0.15) is 11.5 Å². The molecule has 6 nitrogen and oxygen atoms in total. The normalized spacial score (nSPS) is 10.5. The number of anilines is 2. The first-order chi connectivity index (χ1) is 18.3. The first-order valence-electron chi connectivity index (χ1n) is 11.2. The van der Waals surface area contributed by atoms with Gasteiger partial charge >= 0.3 is 0 Å². The van der Waals surface area contributed by atoms with Crippen molar-refractivity contribution in [2.24, 2.45) is 0 Å². The molecular weight excluding hydrogens is 570 g/mol. The van der Waals surface area contributed by atoms with E-state index in [0.717, 1.165) is 11.1 Å². The van der Waals surface area contributed by atoms with Crippen LogP contribution in [0.3, 0.4) is 0 Å². The summed E-state index contributed by atoms with van der Waals surface area (Å²) in [7, 11) is 0. The molecule has 0 aliphatic heterocycles. The van der Waals surface area contributed by atoms with E-state index in [0.29, 0.717) is 43.0 Å². The maximum atomic E-state index is 12.2. The fraction of sp³-hybridized carbons (Fsp3) is 0.0714. The number of nitrogens with one attached hydrogen (secondary N) is 2. The number of hydrogen-bond acceptors (Lipinski definition) is 4. The molecule has 0 fully saturated rings. The fourth-order valence-electron chi connectivity index (χ4n) is 3.36. The summed E-state index contributed by atoms with van der Waals surface area (Å²) < 4.78 is 10.9. The lowest BCUT2D eigenvalue weighted by atomic mass is 10.0. The van der Waals surface area contributed by atoms with Crippen molar-refractivity contribution < 1.29 is 19.1 Å². The Kier molecular flexibility index (Phi) is 9.37. The van der Waals surface area contributed by atoms with Gasteiger partial charge in [-0.3, -0.25) is 9.59 Å². The molecule has 10 heteroatoms. The second kappa shape index (κ2) is 12.9. The van der Waals surface area contributed by atoms with Gasteiger partial charge in [0.25, 0.3) is 11.8 Å². The standard InChI is InChI=1S/C28H20Cl4N2O4/c29-19-5-11-25(23(31)13-19)37-15-27(35)33-21-7-1-17(2-8-21)18-3-9-22(10-4-18)34-28(36)16-38-26-12-6-20(30)14-24(26)32/h1-14H,15-16H2,(H,33,35)(H,34,36). The van der Waals surface area contributed by atoms with E-state index >= 15 is 0 Å². The van der Waals surface area contributed by atoms with Crippen LogP contribution in [-0.2, 0) is 9.59 Å². The van der Waals surface area contributed by atoms with Crippen molar-refractivity contribution in [3.05, 3.63) is 105 Å². The minimum absolute atomic E-state index is 0.200. The van der Waals surface area contributed by atoms with Crippen molar-refractivity contribution in [3.63, 3.8) is 0 Å². The highest BCUT2D eigenvalue weighted by Crippen LogP contribution is 2.29. The van der Waals surface area contributed by atoms with Gasteiger partial charge in [-0.05, 0) is 71.8 Å². The van der Waals surface area contributed by atoms with Gasteiger partial charge in [0.2, 0.25) is 0 Å². The molecule has 0 radical (unpaired) electrons. The molecule has 0 heterocycles. The Hall–Kier alpha value is -3.42. The number of benzene rings is 4. The van der Waals surface area contributed by atoms with Crippen LogP contribution in [-0.4, -0.2) is 25.0 Å². The molecule has 0 unspecified atom stereocenters. The number of carbonyl (C=O) groups is 2. The molecule has 4 rings (SSSR count). The van der Waals surface area contributed by atoms with Gasteiger partial charge in [-0.2, -0.15) is 0 Å². The van der Waals surface area contributed by atoms with E-state index in [1.165, 1.54) is 0 Å². The average Bonchev–Trinajstić information content (AvgIpc) is 2.89. The van der Waals surface area contributed by atoms with E-state index in [4.69, 9.17) is 55.9 Å². The lowest BCUT2D eigenvalue weighted by molar-refractivity contribution is -0.118. The Morgan fingerprint density at radius 1 is 0.553 bits per heavy atom. The summed E-state index contributed by atoms with van der Waals surface area (Å²) >= 11 is 23.8. The highest BCUT2D eigenvalue weighted by atomic mass is 35.5. The van der Waals surface area contributed by atoms with E-state index in [1.54, 1.807) is 60.7 Å². The largest absolute Gasteiger partial charge is 0.482 e. The topological polar surface area (TPSA) is 76.7 Å². The Morgan fingerprint density at radius 2 is 0.921 bits per heavy atom. The molecule has 0 spiro atoms. The summed E-state index contributed by atoms with van der Waals surface area (Å²) in [6.07, 6.45) is 0. The lowest BCUT2D eigenvalue weighted by Gasteiger charge is -2.10. The maximum absolute atomic E-state index is 12.2. The van der Waals surface area contributed by atoms with Crippen LogP contribution in [0.25, 0.3) is 11.1 Å². The van der Waals surface area contributed by atoms with Gasteiger partial charge in [-0.25, -0.2) is 0 Å². The zero-order valence-corrected chi connectivity index (χ0v) is 22.7. The van der Waals surface area contributed by atoms with Crippen LogP contribution < -0.4 is 20.1 Å². The van der Waals surface area contributed by atoms with Gasteiger partial charge in [-0.15, -0.1) is 0 Å². The van der Waals surface area contributed by atoms with Crippen molar-refractivity contribution in [2.45, 2.75) is 0 Å². The molecule has 0 saturated carbocycles. The Balaban J connectivity index is 1.26. The third-order valence-corrected chi connectivity index (χ3v) is 6.24. The summed E-state index contributed by atoms with van der Waals surface area (Å²) in [6.45, 7) is -0.401. The summed E-state index contributed by atoms with van der Waals surface area (Å²) in [4.78, 5) is 24.5. The molecule has 0 bridgehead atoms. The smallest absolute Gasteiger partial charge is 0.262 e. The zero-order chi connectivity index (χ0) is 27.1. The molecule has 4 aromatic rings. The molecule has 0 atom stereocenters. The van der Waals surface area contributed by atoms with Crippen molar-refractivity contribution in [1.82, 2.24) is 0 Å². The Labute approximate surface area is 239 Å². The van der Waals surface area contributed by atoms with E-state index < -0.39 is 0 Å². The highest BCUT2D eigenvalue weighted by Gasteiger charge is 2.09. The van der Waals surface area contributed by atoms with Gasteiger partial charge < -0.3 is 20.1 Å². The van der Waals surface area contributed by atoms with Crippen LogP contribution in [0.2, 0.25) is 20.1 Å². The minimum atomic E-state index is -0.328. The molecular formula is C28H20Cl4N2O4. The quantitative estimate of drug-likeness (QED) is 0.207. The third-order valence-electron chi connectivity index (χ3n) is 5.18. The number of hydrogen-bond donors (Lipinski definition) is 2. The van der Waals surface area contributed by atoms with Gasteiger partial charge in [0.05, 0.1) is 10.0 Å². The molecule has 0 aliphatic rings.